The molecule has 5 nitrogen and oxygen atoms in total. The van der Waals surface area contributed by atoms with Gasteiger partial charge in [-0.1, -0.05) is 17.7 Å². The summed E-state index contributed by atoms with van der Waals surface area (Å²) in [6.07, 6.45) is 6.82. The number of anilines is 2. The lowest BCUT2D eigenvalue weighted by Crippen LogP contribution is -2.30. The van der Waals surface area contributed by atoms with Crippen LogP contribution in [0, 0.1) is 6.92 Å². The van der Waals surface area contributed by atoms with Crippen molar-refractivity contribution in [2.75, 3.05) is 23.3 Å². The fourth-order valence-corrected chi connectivity index (χ4v) is 2.83. The normalized spacial score (nSPS) is 14.6. The first-order chi connectivity index (χ1) is 11.1. The molecule has 0 bridgehead atoms. The van der Waals surface area contributed by atoms with Crippen LogP contribution in [-0.2, 0) is 0 Å². The van der Waals surface area contributed by atoms with Gasteiger partial charge in [0.05, 0.1) is 12.4 Å². The lowest BCUT2D eigenvalue weighted by atomic mass is 10.1. The van der Waals surface area contributed by atoms with Crippen LogP contribution in [0.4, 0.5) is 11.5 Å². The monoisotopic (exact) mass is 330 g/mol. The van der Waals surface area contributed by atoms with Crippen molar-refractivity contribution in [2.24, 2.45) is 0 Å². The fraction of sp³-hybridized carbons (Fsp3) is 0.353. The smallest absolute Gasteiger partial charge is 0.275 e. The highest BCUT2D eigenvalue weighted by molar-refractivity contribution is 6.31. The van der Waals surface area contributed by atoms with Gasteiger partial charge in [-0.3, -0.25) is 4.79 Å². The quantitative estimate of drug-likeness (QED) is 0.932. The predicted octanol–water partition coefficient (Wildman–Crippen LogP) is 3.68. The van der Waals surface area contributed by atoms with E-state index in [9.17, 15) is 4.79 Å². The summed E-state index contributed by atoms with van der Waals surface area (Å²) in [5.74, 6) is 0.549. The Kier molecular flexibility index (Phi) is 4.76. The molecule has 1 fully saturated rings. The molecule has 6 heteroatoms. The summed E-state index contributed by atoms with van der Waals surface area (Å²) in [5.41, 5.74) is 1.81. The van der Waals surface area contributed by atoms with Gasteiger partial charge < -0.3 is 10.2 Å². The molecule has 1 aliphatic heterocycles. The number of piperidine rings is 1. The van der Waals surface area contributed by atoms with E-state index in [1.165, 1.54) is 25.5 Å². The summed E-state index contributed by atoms with van der Waals surface area (Å²) < 4.78 is 0. The Morgan fingerprint density at radius 3 is 2.65 bits per heavy atom. The van der Waals surface area contributed by atoms with E-state index in [-0.39, 0.29) is 5.91 Å². The second-order valence-electron chi connectivity index (χ2n) is 5.67. The summed E-state index contributed by atoms with van der Waals surface area (Å²) in [6, 6.07) is 5.41. The van der Waals surface area contributed by atoms with Crippen LogP contribution in [0.3, 0.4) is 0 Å². The summed E-state index contributed by atoms with van der Waals surface area (Å²) in [5, 5.41) is 3.45. The Hall–Kier alpha value is -2.14. The van der Waals surface area contributed by atoms with Gasteiger partial charge in [-0.15, -0.1) is 0 Å². The number of rotatable bonds is 3. The van der Waals surface area contributed by atoms with Crippen molar-refractivity contribution in [1.82, 2.24) is 9.97 Å². The van der Waals surface area contributed by atoms with Gasteiger partial charge in [0, 0.05) is 23.8 Å². The van der Waals surface area contributed by atoms with Gasteiger partial charge >= 0.3 is 0 Å². The van der Waals surface area contributed by atoms with Gasteiger partial charge in [-0.05, 0) is 43.9 Å². The van der Waals surface area contributed by atoms with Crippen LogP contribution in [-0.4, -0.2) is 29.0 Å². The molecule has 120 valence electrons. The van der Waals surface area contributed by atoms with E-state index in [0.717, 1.165) is 24.5 Å². The zero-order chi connectivity index (χ0) is 16.2. The van der Waals surface area contributed by atoms with Crippen LogP contribution in [0.25, 0.3) is 0 Å². The van der Waals surface area contributed by atoms with Crippen molar-refractivity contribution in [2.45, 2.75) is 26.2 Å². The van der Waals surface area contributed by atoms with Crippen molar-refractivity contribution in [3.63, 3.8) is 0 Å². The van der Waals surface area contributed by atoms with Crippen molar-refractivity contribution < 1.29 is 4.79 Å². The van der Waals surface area contributed by atoms with E-state index < -0.39 is 0 Å². The van der Waals surface area contributed by atoms with Crippen molar-refractivity contribution in [3.8, 4) is 0 Å². The van der Waals surface area contributed by atoms with Gasteiger partial charge in [0.2, 0.25) is 0 Å². The number of benzene rings is 1. The highest BCUT2D eigenvalue weighted by Crippen LogP contribution is 2.23. The number of amides is 1. The largest absolute Gasteiger partial charge is 0.355 e. The van der Waals surface area contributed by atoms with E-state index >= 15 is 0 Å². The minimum atomic E-state index is -0.284. The Bertz CT molecular complexity index is 696. The molecule has 1 aromatic heterocycles. The maximum absolute atomic E-state index is 12.3. The molecule has 0 spiro atoms. The van der Waals surface area contributed by atoms with E-state index in [0.29, 0.717) is 16.4 Å². The Morgan fingerprint density at radius 1 is 1.17 bits per heavy atom. The highest BCUT2D eigenvalue weighted by atomic mass is 35.5. The Balaban J connectivity index is 1.71. The average Bonchev–Trinajstić information content (AvgIpc) is 2.60. The number of aromatic nitrogens is 2. The molecule has 3 rings (SSSR count). The molecule has 2 aromatic rings. The first-order valence-corrected chi connectivity index (χ1v) is 8.16. The van der Waals surface area contributed by atoms with E-state index in [4.69, 9.17) is 11.6 Å². The second-order valence-corrected chi connectivity index (χ2v) is 6.08. The van der Waals surface area contributed by atoms with E-state index in [1.807, 2.05) is 13.0 Å². The molecule has 0 atom stereocenters. The number of carbonyl (C=O) groups is 1. The summed E-state index contributed by atoms with van der Waals surface area (Å²) in [4.78, 5) is 23.1. The molecule has 0 aliphatic carbocycles. The molecular weight excluding hydrogens is 312 g/mol. The molecule has 1 aliphatic rings. The van der Waals surface area contributed by atoms with Crippen molar-refractivity contribution >= 4 is 29.0 Å². The van der Waals surface area contributed by atoms with Gasteiger partial charge in [0.15, 0.2) is 0 Å². The second kappa shape index (κ2) is 6.96. The summed E-state index contributed by atoms with van der Waals surface area (Å²) in [7, 11) is 0. The third kappa shape index (κ3) is 3.62. The maximum Gasteiger partial charge on any atom is 0.275 e. The van der Waals surface area contributed by atoms with E-state index in [1.54, 1.807) is 18.3 Å². The molecule has 1 aromatic carbocycles. The van der Waals surface area contributed by atoms with Crippen LogP contribution in [0.5, 0.6) is 0 Å². The topological polar surface area (TPSA) is 58.1 Å². The summed E-state index contributed by atoms with van der Waals surface area (Å²) >= 11 is 6.07. The SMILES string of the molecule is Cc1c(Cl)cccc1NC(=O)c1cnc(N2CCCCC2)cn1. The van der Waals surface area contributed by atoms with Gasteiger partial charge in [0.25, 0.3) is 5.91 Å². The number of carbonyl (C=O) groups excluding carboxylic acids is 1. The number of halogens is 1. The van der Waals surface area contributed by atoms with Crippen molar-refractivity contribution in [1.29, 1.82) is 0 Å². The summed E-state index contributed by atoms with van der Waals surface area (Å²) in [6.45, 7) is 3.87. The third-order valence-electron chi connectivity index (χ3n) is 4.07. The molecule has 2 heterocycles. The first kappa shape index (κ1) is 15.7. The Labute approximate surface area is 140 Å². The van der Waals surface area contributed by atoms with Gasteiger partial charge in [-0.2, -0.15) is 0 Å². The maximum atomic E-state index is 12.3. The minimum absolute atomic E-state index is 0.284. The van der Waals surface area contributed by atoms with Crippen molar-refractivity contribution in [3.05, 3.63) is 46.9 Å². The molecular formula is C17H19ClN4O. The van der Waals surface area contributed by atoms with Crippen LogP contribution in [0.2, 0.25) is 5.02 Å². The minimum Gasteiger partial charge on any atom is -0.355 e. The number of hydrogen-bond acceptors (Lipinski definition) is 4. The lowest BCUT2D eigenvalue weighted by molar-refractivity contribution is 0.102. The number of hydrogen-bond donors (Lipinski definition) is 1. The van der Waals surface area contributed by atoms with Gasteiger partial charge in [-0.25, -0.2) is 9.97 Å². The molecule has 0 radical (unpaired) electrons. The molecule has 1 amide bonds. The molecule has 1 N–H and O–H groups in total. The zero-order valence-electron chi connectivity index (χ0n) is 13.1. The highest BCUT2D eigenvalue weighted by Gasteiger charge is 2.15. The van der Waals surface area contributed by atoms with Crippen LogP contribution in [0.1, 0.15) is 35.3 Å². The average molecular weight is 331 g/mol. The third-order valence-corrected chi connectivity index (χ3v) is 4.48. The molecule has 0 saturated carbocycles. The Morgan fingerprint density at radius 2 is 1.96 bits per heavy atom. The molecule has 1 saturated heterocycles. The fourth-order valence-electron chi connectivity index (χ4n) is 2.65. The lowest BCUT2D eigenvalue weighted by Gasteiger charge is -2.27. The van der Waals surface area contributed by atoms with Crippen LogP contribution < -0.4 is 10.2 Å². The van der Waals surface area contributed by atoms with Crippen LogP contribution >= 0.6 is 11.6 Å². The predicted molar refractivity (Wildman–Crippen MR) is 92.2 cm³/mol. The standard InChI is InChI=1S/C17H19ClN4O/c1-12-13(18)6-5-7-14(12)21-17(23)15-10-20-16(11-19-15)22-8-3-2-4-9-22/h5-7,10-11H,2-4,8-9H2,1H3,(H,21,23). The van der Waals surface area contributed by atoms with Gasteiger partial charge in [0.1, 0.15) is 11.5 Å². The first-order valence-electron chi connectivity index (χ1n) is 7.78. The van der Waals surface area contributed by atoms with Crippen LogP contribution in [0.15, 0.2) is 30.6 Å². The molecule has 23 heavy (non-hydrogen) atoms. The van der Waals surface area contributed by atoms with E-state index in [2.05, 4.69) is 20.2 Å². The number of nitrogens with zero attached hydrogens (tertiary/aromatic N) is 3. The number of nitrogens with one attached hydrogen (secondary N) is 1. The molecule has 0 unspecified atom stereocenters. The zero-order valence-corrected chi connectivity index (χ0v) is 13.8.